The van der Waals surface area contributed by atoms with Crippen LogP contribution in [0, 0.1) is 6.92 Å². The van der Waals surface area contributed by atoms with Crippen LogP contribution in [0.2, 0.25) is 0 Å². The quantitative estimate of drug-likeness (QED) is 0.748. The number of rotatable bonds is 3. The monoisotopic (exact) mass is 181 g/mol. The molecule has 0 fully saturated rings. The molecule has 4 nitrogen and oxygen atoms in total. The Balaban J connectivity index is 2.50. The van der Waals surface area contributed by atoms with Crippen molar-refractivity contribution in [3.05, 3.63) is 17.5 Å². The van der Waals surface area contributed by atoms with Crippen LogP contribution < -0.4 is 5.32 Å². The van der Waals surface area contributed by atoms with Crippen LogP contribution in [0.1, 0.15) is 24.7 Å². The molecule has 0 aliphatic heterocycles. The molecule has 72 valence electrons. The smallest absolute Gasteiger partial charge is 0.220 e. The Morgan fingerprint density at radius 2 is 2.38 bits per heavy atom. The predicted molar refractivity (Wildman–Crippen MR) is 50.1 cm³/mol. The number of aryl methyl sites for hydroxylation is 2. The van der Waals surface area contributed by atoms with Gasteiger partial charge >= 0.3 is 0 Å². The van der Waals surface area contributed by atoms with Crippen molar-refractivity contribution >= 4 is 5.91 Å². The number of amides is 1. The Labute approximate surface area is 77.9 Å². The molecule has 0 atom stereocenters. The molecule has 0 aliphatic carbocycles. The zero-order chi connectivity index (χ0) is 9.84. The average molecular weight is 181 g/mol. The van der Waals surface area contributed by atoms with Crippen molar-refractivity contribution in [1.82, 2.24) is 15.1 Å². The van der Waals surface area contributed by atoms with Crippen LogP contribution in [-0.2, 0) is 18.4 Å². The highest BCUT2D eigenvalue weighted by Crippen LogP contribution is 2.00. The Bertz CT molecular complexity index is 284. The largest absolute Gasteiger partial charge is 0.350 e. The molecular weight excluding hydrogens is 166 g/mol. The number of nitrogens with one attached hydrogen (secondary N) is 1. The Kier molecular flexibility index (Phi) is 3.06. The molecule has 0 saturated carbocycles. The molecule has 1 N–H and O–H groups in total. The highest BCUT2D eigenvalue weighted by atomic mass is 16.1. The topological polar surface area (TPSA) is 46.9 Å². The summed E-state index contributed by atoms with van der Waals surface area (Å²) in [7, 11) is 1.89. The Morgan fingerprint density at radius 3 is 2.85 bits per heavy atom. The molecule has 0 radical (unpaired) electrons. The van der Waals surface area contributed by atoms with Crippen LogP contribution in [0.4, 0.5) is 0 Å². The lowest BCUT2D eigenvalue weighted by Gasteiger charge is -1.98. The molecule has 1 rings (SSSR count). The van der Waals surface area contributed by atoms with Crippen molar-refractivity contribution in [3.63, 3.8) is 0 Å². The maximum atomic E-state index is 10.9. The van der Waals surface area contributed by atoms with Gasteiger partial charge in [-0.25, -0.2) is 0 Å². The summed E-state index contributed by atoms with van der Waals surface area (Å²) < 4.78 is 1.80. The lowest BCUT2D eigenvalue weighted by atomic mass is 10.3. The van der Waals surface area contributed by atoms with Crippen LogP contribution in [0.25, 0.3) is 0 Å². The normalized spacial score (nSPS) is 10.1. The van der Waals surface area contributed by atoms with E-state index in [1.807, 2.05) is 27.0 Å². The highest BCUT2D eigenvalue weighted by Gasteiger charge is 2.02. The molecular formula is C9H15N3O. The van der Waals surface area contributed by atoms with Gasteiger partial charge in [-0.1, -0.05) is 6.92 Å². The van der Waals surface area contributed by atoms with E-state index in [0.29, 0.717) is 13.0 Å². The summed E-state index contributed by atoms with van der Waals surface area (Å²) in [4.78, 5) is 10.9. The molecule has 1 amide bonds. The molecule has 0 saturated heterocycles. The maximum absolute atomic E-state index is 10.9. The van der Waals surface area contributed by atoms with Gasteiger partial charge in [0.25, 0.3) is 0 Å². The minimum atomic E-state index is 0.0586. The van der Waals surface area contributed by atoms with Crippen LogP contribution in [0.3, 0.4) is 0 Å². The third kappa shape index (κ3) is 2.57. The van der Waals surface area contributed by atoms with E-state index in [0.717, 1.165) is 11.4 Å². The van der Waals surface area contributed by atoms with Crippen LogP contribution in [0.15, 0.2) is 6.07 Å². The van der Waals surface area contributed by atoms with Crippen molar-refractivity contribution in [3.8, 4) is 0 Å². The fourth-order valence-corrected chi connectivity index (χ4v) is 1.04. The van der Waals surface area contributed by atoms with E-state index in [1.54, 1.807) is 4.68 Å². The van der Waals surface area contributed by atoms with Crippen LogP contribution in [-0.4, -0.2) is 15.7 Å². The molecule has 4 heteroatoms. The van der Waals surface area contributed by atoms with Gasteiger partial charge in [-0.3, -0.25) is 9.48 Å². The summed E-state index contributed by atoms with van der Waals surface area (Å²) in [5.41, 5.74) is 2.00. The van der Waals surface area contributed by atoms with E-state index in [-0.39, 0.29) is 5.91 Å². The van der Waals surface area contributed by atoms with Gasteiger partial charge in [-0.2, -0.15) is 5.10 Å². The minimum Gasteiger partial charge on any atom is -0.350 e. The van der Waals surface area contributed by atoms with Crippen LogP contribution >= 0.6 is 0 Å². The van der Waals surface area contributed by atoms with Gasteiger partial charge in [0.1, 0.15) is 0 Å². The summed E-state index contributed by atoms with van der Waals surface area (Å²) in [5, 5.41) is 6.99. The molecule has 1 aromatic heterocycles. The third-order valence-electron chi connectivity index (χ3n) is 1.95. The molecule has 13 heavy (non-hydrogen) atoms. The van der Waals surface area contributed by atoms with Gasteiger partial charge in [0.2, 0.25) is 5.91 Å². The first kappa shape index (κ1) is 9.77. The second kappa shape index (κ2) is 4.07. The number of carbonyl (C=O) groups is 1. The second-order valence-corrected chi connectivity index (χ2v) is 3.03. The number of hydrogen-bond donors (Lipinski definition) is 1. The summed E-state index contributed by atoms with van der Waals surface area (Å²) in [6.07, 6.45) is 0.520. The van der Waals surface area contributed by atoms with Gasteiger partial charge in [0.05, 0.1) is 12.2 Å². The molecule has 0 spiro atoms. The first-order valence-corrected chi connectivity index (χ1v) is 4.39. The lowest BCUT2D eigenvalue weighted by Crippen LogP contribution is -2.21. The van der Waals surface area contributed by atoms with Crippen molar-refractivity contribution in [2.24, 2.45) is 7.05 Å². The molecule has 0 aliphatic rings. The van der Waals surface area contributed by atoms with Crippen molar-refractivity contribution in [1.29, 1.82) is 0 Å². The molecule has 0 bridgehead atoms. The standard InChI is InChI=1S/C9H15N3O/c1-4-9(13)10-6-8-5-7(2)12(3)11-8/h5H,4,6H2,1-3H3,(H,10,13). The lowest BCUT2D eigenvalue weighted by molar-refractivity contribution is -0.120. The highest BCUT2D eigenvalue weighted by molar-refractivity contribution is 5.75. The number of aromatic nitrogens is 2. The van der Waals surface area contributed by atoms with E-state index in [4.69, 9.17) is 0 Å². The van der Waals surface area contributed by atoms with Crippen molar-refractivity contribution < 1.29 is 4.79 Å². The van der Waals surface area contributed by atoms with Gasteiger partial charge < -0.3 is 5.32 Å². The number of hydrogen-bond acceptors (Lipinski definition) is 2. The average Bonchev–Trinajstić information content (AvgIpc) is 2.42. The van der Waals surface area contributed by atoms with E-state index >= 15 is 0 Å². The predicted octanol–water partition coefficient (Wildman–Crippen LogP) is 0.755. The van der Waals surface area contributed by atoms with Crippen LogP contribution in [0.5, 0.6) is 0 Å². The van der Waals surface area contributed by atoms with Crippen molar-refractivity contribution in [2.45, 2.75) is 26.8 Å². The number of carbonyl (C=O) groups excluding carboxylic acids is 1. The fourth-order valence-electron chi connectivity index (χ4n) is 1.04. The molecule has 0 unspecified atom stereocenters. The van der Waals surface area contributed by atoms with E-state index in [1.165, 1.54) is 0 Å². The first-order valence-electron chi connectivity index (χ1n) is 4.39. The van der Waals surface area contributed by atoms with E-state index in [2.05, 4.69) is 10.4 Å². The molecule has 1 aromatic rings. The Hall–Kier alpha value is -1.32. The summed E-state index contributed by atoms with van der Waals surface area (Å²) in [6.45, 7) is 4.34. The zero-order valence-corrected chi connectivity index (χ0v) is 8.29. The maximum Gasteiger partial charge on any atom is 0.220 e. The summed E-state index contributed by atoms with van der Waals surface area (Å²) >= 11 is 0. The fraction of sp³-hybridized carbons (Fsp3) is 0.556. The van der Waals surface area contributed by atoms with Gasteiger partial charge in [-0.15, -0.1) is 0 Å². The third-order valence-corrected chi connectivity index (χ3v) is 1.95. The minimum absolute atomic E-state index is 0.0586. The summed E-state index contributed by atoms with van der Waals surface area (Å²) in [5.74, 6) is 0.0586. The van der Waals surface area contributed by atoms with E-state index in [9.17, 15) is 4.79 Å². The molecule has 0 aromatic carbocycles. The molecule has 1 heterocycles. The van der Waals surface area contributed by atoms with Gasteiger partial charge in [0.15, 0.2) is 0 Å². The SMILES string of the molecule is CCC(=O)NCc1cc(C)n(C)n1. The second-order valence-electron chi connectivity index (χ2n) is 3.03. The first-order chi connectivity index (χ1) is 6.13. The van der Waals surface area contributed by atoms with E-state index < -0.39 is 0 Å². The van der Waals surface area contributed by atoms with Crippen molar-refractivity contribution in [2.75, 3.05) is 0 Å². The summed E-state index contributed by atoms with van der Waals surface area (Å²) in [6, 6.07) is 1.97. The van der Waals surface area contributed by atoms with Gasteiger partial charge in [0, 0.05) is 19.2 Å². The zero-order valence-electron chi connectivity index (χ0n) is 8.29. The number of nitrogens with zero attached hydrogens (tertiary/aromatic N) is 2. The Morgan fingerprint density at radius 1 is 1.69 bits per heavy atom. The van der Waals surface area contributed by atoms with Gasteiger partial charge in [-0.05, 0) is 13.0 Å².